The third-order valence-corrected chi connectivity index (χ3v) is 3.69. The normalized spacial score (nSPS) is 20.4. The van der Waals surface area contributed by atoms with Crippen LogP contribution in [0.4, 0.5) is 5.82 Å². The minimum Gasteiger partial charge on any atom is -0.354 e. The van der Waals surface area contributed by atoms with Crippen LogP contribution in [0, 0.1) is 6.92 Å². The fourth-order valence-corrected chi connectivity index (χ4v) is 2.67. The molecular weight excluding hydrogens is 266 g/mol. The van der Waals surface area contributed by atoms with Crippen LogP contribution in [0.2, 0.25) is 0 Å². The molecule has 1 aliphatic heterocycles. The van der Waals surface area contributed by atoms with Crippen LogP contribution in [0.1, 0.15) is 31.4 Å². The van der Waals surface area contributed by atoms with Crippen molar-refractivity contribution < 1.29 is 0 Å². The van der Waals surface area contributed by atoms with Gasteiger partial charge in [-0.05, 0) is 32.6 Å². The molecule has 0 aromatic carbocycles. The highest BCUT2D eigenvalue weighted by Gasteiger charge is 2.24. The van der Waals surface area contributed by atoms with E-state index in [4.69, 9.17) is 0 Å². The Morgan fingerprint density at radius 1 is 1.50 bits per heavy atom. The molecule has 0 radical (unpaired) electrons. The zero-order valence-corrected chi connectivity index (χ0v) is 11.3. The number of alkyl halides is 1. The second kappa shape index (κ2) is 5.62. The van der Waals surface area contributed by atoms with E-state index in [1.54, 1.807) is 6.33 Å². The monoisotopic (exact) mass is 283 g/mol. The lowest BCUT2D eigenvalue weighted by atomic mass is 10.1. The van der Waals surface area contributed by atoms with Gasteiger partial charge in [0, 0.05) is 29.7 Å². The predicted octanol–water partition coefficient (Wildman–Crippen LogP) is 2.93. The molecule has 1 fully saturated rings. The van der Waals surface area contributed by atoms with Crippen LogP contribution in [0.5, 0.6) is 0 Å². The number of rotatable bonds is 4. The SMILES string of the molecule is Cc1cc(N2CCCC2CCCBr)ncn1. The summed E-state index contributed by atoms with van der Waals surface area (Å²) in [5, 5.41) is 1.10. The van der Waals surface area contributed by atoms with Gasteiger partial charge in [0.2, 0.25) is 0 Å². The van der Waals surface area contributed by atoms with E-state index in [-0.39, 0.29) is 0 Å². The first-order valence-electron chi connectivity index (χ1n) is 5.92. The van der Waals surface area contributed by atoms with E-state index in [1.165, 1.54) is 25.7 Å². The van der Waals surface area contributed by atoms with Gasteiger partial charge in [0.15, 0.2) is 0 Å². The van der Waals surface area contributed by atoms with Crippen molar-refractivity contribution >= 4 is 21.7 Å². The van der Waals surface area contributed by atoms with Crippen LogP contribution in [-0.4, -0.2) is 27.9 Å². The average Bonchev–Trinajstić information content (AvgIpc) is 2.74. The smallest absolute Gasteiger partial charge is 0.132 e. The van der Waals surface area contributed by atoms with Crippen LogP contribution in [0.25, 0.3) is 0 Å². The summed E-state index contributed by atoms with van der Waals surface area (Å²) in [7, 11) is 0. The fraction of sp³-hybridized carbons (Fsp3) is 0.667. The molecule has 0 amide bonds. The zero-order chi connectivity index (χ0) is 11.4. The molecule has 1 aromatic rings. The quantitative estimate of drug-likeness (QED) is 0.796. The maximum absolute atomic E-state index is 4.38. The van der Waals surface area contributed by atoms with E-state index >= 15 is 0 Å². The fourth-order valence-electron chi connectivity index (χ4n) is 2.35. The second-order valence-corrected chi connectivity index (χ2v) is 5.13. The van der Waals surface area contributed by atoms with Crippen LogP contribution >= 0.6 is 15.9 Å². The third-order valence-electron chi connectivity index (χ3n) is 3.13. The van der Waals surface area contributed by atoms with Gasteiger partial charge in [-0.15, -0.1) is 0 Å². The van der Waals surface area contributed by atoms with Crippen molar-refractivity contribution in [3.8, 4) is 0 Å². The van der Waals surface area contributed by atoms with E-state index in [9.17, 15) is 0 Å². The zero-order valence-electron chi connectivity index (χ0n) is 9.69. The van der Waals surface area contributed by atoms with Gasteiger partial charge >= 0.3 is 0 Å². The van der Waals surface area contributed by atoms with E-state index in [0.717, 1.165) is 23.4 Å². The minimum absolute atomic E-state index is 0.673. The molecule has 16 heavy (non-hydrogen) atoms. The van der Waals surface area contributed by atoms with E-state index < -0.39 is 0 Å². The Balaban J connectivity index is 2.07. The molecule has 1 atom stereocenters. The van der Waals surface area contributed by atoms with Gasteiger partial charge in [0.25, 0.3) is 0 Å². The topological polar surface area (TPSA) is 29.0 Å². The summed E-state index contributed by atoms with van der Waals surface area (Å²) in [5.41, 5.74) is 1.05. The molecule has 4 heteroatoms. The van der Waals surface area contributed by atoms with E-state index in [0.29, 0.717) is 6.04 Å². The van der Waals surface area contributed by atoms with Crippen molar-refractivity contribution in [2.75, 3.05) is 16.8 Å². The number of nitrogens with zero attached hydrogens (tertiary/aromatic N) is 3. The summed E-state index contributed by atoms with van der Waals surface area (Å²) >= 11 is 3.50. The van der Waals surface area contributed by atoms with Crippen molar-refractivity contribution in [1.82, 2.24) is 9.97 Å². The van der Waals surface area contributed by atoms with Gasteiger partial charge in [0.05, 0.1) is 0 Å². The molecule has 2 rings (SSSR count). The first-order chi connectivity index (χ1) is 7.81. The summed E-state index contributed by atoms with van der Waals surface area (Å²) in [6, 6.07) is 2.76. The Hall–Kier alpha value is -0.640. The Labute approximate surface area is 105 Å². The first-order valence-corrected chi connectivity index (χ1v) is 7.04. The molecule has 88 valence electrons. The van der Waals surface area contributed by atoms with Crippen molar-refractivity contribution in [3.63, 3.8) is 0 Å². The summed E-state index contributed by atoms with van der Waals surface area (Å²) in [4.78, 5) is 11.0. The minimum atomic E-state index is 0.673. The number of anilines is 1. The molecule has 2 heterocycles. The summed E-state index contributed by atoms with van der Waals surface area (Å²) in [6.07, 6.45) is 6.76. The molecular formula is C12H18BrN3. The second-order valence-electron chi connectivity index (χ2n) is 4.34. The highest BCUT2D eigenvalue weighted by atomic mass is 79.9. The molecule has 1 aromatic heterocycles. The number of aryl methyl sites for hydroxylation is 1. The molecule has 0 saturated carbocycles. The van der Waals surface area contributed by atoms with Crippen LogP contribution in [-0.2, 0) is 0 Å². The van der Waals surface area contributed by atoms with Gasteiger partial charge in [-0.25, -0.2) is 9.97 Å². The molecule has 1 saturated heterocycles. The van der Waals surface area contributed by atoms with Crippen LogP contribution in [0.3, 0.4) is 0 Å². The largest absolute Gasteiger partial charge is 0.354 e. The van der Waals surface area contributed by atoms with Crippen molar-refractivity contribution in [2.24, 2.45) is 0 Å². The van der Waals surface area contributed by atoms with Gasteiger partial charge in [-0.2, -0.15) is 0 Å². The van der Waals surface area contributed by atoms with Gasteiger partial charge in [-0.1, -0.05) is 15.9 Å². The maximum Gasteiger partial charge on any atom is 0.132 e. The standard InChI is InChI=1S/C12H18BrN3/c1-10-8-12(15-9-14-10)16-7-3-5-11(16)4-2-6-13/h8-9,11H,2-7H2,1H3. The number of hydrogen-bond donors (Lipinski definition) is 0. The summed E-state index contributed by atoms with van der Waals surface area (Å²) < 4.78 is 0. The molecule has 1 unspecified atom stereocenters. The average molecular weight is 284 g/mol. The lowest BCUT2D eigenvalue weighted by Crippen LogP contribution is -2.30. The molecule has 0 spiro atoms. The Morgan fingerprint density at radius 2 is 2.38 bits per heavy atom. The van der Waals surface area contributed by atoms with Gasteiger partial charge in [-0.3, -0.25) is 0 Å². The van der Waals surface area contributed by atoms with Crippen LogP contribution < -0.4 is 4.90 Å². The predicted molar refractivity (Wildman–Crippen MR) is 70.2 cm³/mol. The molecule has 0 aliphatic carbocycles. The van der Waals surface area contributed by atoms with Crippen molar-refractivity contribution in [1.29, 1.82) is 0 Å². The summed E-state index contributed by atoms with van der Waals surface area (Å²) in [6.45, 7) is 3.16. The Kier molecular flexibility index (Phi) is 4.16. The Bertz CT molecular complexity index is 343. The highest BCUT2D eigenvalue weighted by Crippen LogP contribution is 2.26. The summed E-state index contributed by atoms with van der Waals surface area (Å²) in [5.74, 6) is 1.10. The van der Waals surface area contributed by atoms with E-state index in [2.05, 4.69) is 36.9 Å². The lowest BCUT2D eigenvalue weighted by Gasteiger charge is -2.25. The van der Waals surface area contributed by atoms with Crippen LogP contribution in [0.15, 0.2) is 12.4 Å². The molecule has 0 bridgehead atoms. The Morgan fingerprint density at radius 3 is 3.12 bits per heavy atom. The number of aromatic nitrogens is 2. The third kappa shape index (κ3) is 2.73. The number of halogens is 1. The maximum atomic E-state index is 4.38. The van der Waals surface area contributed by atoms with E-state index in [1.807, 2.05) is 6.92 Å². The van der Waals surface area contributed by atoms with Crippen molar-refractivity contribution in [3.05, 3.63) is 18.1 Å². The first kappa shape index (κ1) is 11.8. The number of hydrogen-bond acceptors (Lipinski definition) is 3. The molecule has 3 nitrogen and oxygen atoms in total. The van der Waals surface area contributed by atoms with Crippen molar-refractivity contribution in [2.45, 2.75) is 38.6 Å². The highest BCUT2D eigenvalue weighted by molar-refractivity contribution is 9.09. The van der Waals surface area contributed by atoms with Gasteiger partial charge < -0.3 is 4.90 Å². The molecule has 1 aliphatic rings. The molecule has 0 N–H and O–H groups in total. The lowest BCUT2D eigenvalue weighted by molar-refractivity contribution is 0.600. The van der Waals surface area contributed by atoms with Gasteiger partial charge in [0.1, 0.15) is 12.1 Å².